The number of carbonyl (C=O) groups excluding carboxylic acids is 1. The molecule has 0 aliphatic heterocycles. The van der Waals surface area contributed by atoms with E-state index in [-0.39, 0.29) is 11.9 Å². The van der Waals surface area contributed by atoms with E-state index in [1.165, 1.54) is 0 Å². The lowest BCUT2D eigenvalue weighted by Crippen LogP contribution is -2.27. The molecule has 0 saturated carbocycles. The molecule has 0 saturated heterocycles. The Bertz CT molecular complexity index is 369. The second kappa shape index (κ2) is 6.96. The summed E-state index contributed by atoms with van der Waals surface area (Å²) >= 11 is 0. The highest BCUT2D eigenvalue weighted by molar-refractivity contribution is 5.72. The van der Waals surface area contributed by atoms with E-state index in [2.05, 4.69) is 15.3 Å². The van der Waals surface area contributed by atoms with Crippen LogP contribution in [-0.2, 0) is 16.1 Å². The fraction of sp³-hybridized carbons (Fsp3) is 0.583. The van der Waals surface area contributed by atoms with Crippen LogP contribution in [0.4, 0.5) is 0 Å². The maximum Gasteiger partial charge on any atom is 0.309 e. The fourth-order valence-corrected chi connectivity index (χ4v) is 1.39. The highest BCUT2D eigenvalue weighted by Crippen LogP contribution is 1.98. The summed E-state index contributed by atoms with van der Waals surface area (Å²) < 4.78 is 4.92. The minimum atomic E-state index is -0.168. The van der Waals surface area contributed by atoms with Crippen molar-refractivity contribution < 1.29 is 9.53 Å². The number of hydrogen-bond acceptors (Lipinski definition) is 5. The third kappa shape index (κ3) is 4.91. The molecule has 17 heavy (non-hydrogen) atoms. The molecule has 0 radical (unpaired) electrons. The van der Waals surface area contributed by atoms with E-state index in [0.717, 1.165) is 11.5 Å². The highest BCUT2D eigenvalue weighted by Gasteiger charge is 2.12. The third-order valence-electron chi connectivity index (χ3n) is 2.28. The molecule has 1 rings (SSSR count). The van der Waals surface area contributed by atoms with Crippen LogP contribution in [0.1, 0.15) is 25.4 Å². The lowest BCUT2D eigenvalue weighted by atomic mass is 10.2. The lowest BCUT2D eigenvalue weighted by molar-refractivity contribution is -0.147. The molecule has 0 fully saturated rings. The Kier molecular flexibility index (Phi) is 5.56. The third-order valence-corrected chi connectivity index (χ3v) is 2.28. The van der Waals surface area contributed by atoms with Gasteiger partial charge < -0.3 is 10.1 Å². The first-order chi connectivity index (χ1) is 8.13. The maximum atomic E-state index is 11.4. The second-order valence-corrected chi connectivity index (χ2v) is 3.88. The average molecular weight is 237 g/mol. The SMILES string of the molecule is CCOC(=O)C(C)CNCc1ccnc(C)n1. The summed E-state index contributed by atoms with van der Waals surface area (Å²) in [5.41, 5.74) is 0.925. The van der Waals surface area contributed by atoms with Crippen molar-refractivity contribution in [1.82, 2.24) is 15.3 Å². The Morgan fingerprint density at radius 1 is 1.59 bits per heavy atom. The van der Waals surface area contributed by atoms with E-state index in [1.54, 1.807) is 6.20 Å². The summed E-state index contributed by atoms with van der Waals surface area (Å²) in [6, 6.07) is 1.86. The van der Waals surface area contributed by atoms with Gasteiger partial charge in [-0.3, -0.25) is 4.79 Å². The molecule has 0 amide bonds. The fourth-order valence-electron chi connectivity index (χ4n) is 1.39. The van der Waals surface area contributed by atoms with Crippen molar-refractivity contribution >= 4 is 5.97 Å². The molecule has 1 N–H and O–H groups in total. The number of aromatic nitrogens is 2. The Balaban J connectivity index is 2.30. The van der Waals surface area contributed by atoms with Crippen LogP contribution in [0.25, 0.3) is 0 Å². The first kappa shape index (κ1) is 13.6. The zero-order valence-electron chi connectivity index (χ0n) is 10.6. The van der Waals surface area contributed by atoms with Gasteiger partial charge in [0, 0.05) is 19.3 Å². The number of esters is 1. The quantitative estimate of drug-likeness (QED) is 0.750. The van der Waals surface area contributed by atoms with E-state index in [0.29, 0.717) is 19.7 Å². The summed E-state index contributed by atoms with van der Waals surface area (Å²) in [4.78, 5) is 19.6. The standard InChI is InChI=1S/C12H19N3O2/c1-4-17-12(16)9(2)7-13-8-11-5-6-14-10(3)15-11/h5-6,9,13H,4,7-8H2,1-3H3. The molecule has 0 bridgehead atoms. The van der Waals surface area contributed by atoms with Gasteiger partial charge in [0.05, 0.1) is 18.2 Å². The van der Waals surface area contributed by atoms with Crippen molar-refractivity contribution in [2.45, 2.75) is 27.3 Å². The summed E-state index contributed by atoms with van der Waals surface area (Å²) in [7, 11) is 0. The molecule has 1 aromatic heterocycles. The van der Waals surface area contributed by atoms with E-state index in [1.807, 2.05) is 26.8 Å². The van der Waals surface area contributed by atoms with Gasteiger partial charge in [0.1, 0.15) is 5.82 Å². The van der Waals surface area contributed by atoms with Crippen molar-refractivity contribution in [2.75, 3.05) is 13.2 Å². The maximum absolute atomic E-state index is 11.4. The summed E-state index contributed by atoms with van der Waals surface area (Å²) in [5.74, 6) is 0.444. The number of aryl methyl sites for hydroxylation is 1. The number of nitrogens with one attached hydrogen (secondary N) is 1. The summed E-state index contributed by atoms with van der Waals surface area (Å²) in [6.07, 6.45) is 1.73. The minimum Gasteiger partial charge on any atom is -0.466 e. The second-order valence-electron chi connectivity index (χ2n) is 3.88. The predicted octanol–water partition coefficient (Wildman–Crippen LogP) is 1.07. The van der Waals surface area contributed by atoms with E-state index < -0.39 is 0 Å². The molecule has 94 valence electrons. The molecule has 1 atom stereocenters. The first-order valence-corrected chi connectivity index (χ1v) is 5.79. The van der Waals surface area contributed by atoms with Crippen LogP contribution in [0.15, 0.2) is 12.3 Å². The largest absolute Gasteiger partial charge is 0.466 e. The number of rotatable bonds is 6. The van der Waals surface area contributed by atoms with Crippen molar-refractivity contribution in [3.05, 3.63) is 23.8 Å². The van der Waals surface area contributed by atoms with Gasteiger partial charge >= 0.3 is 5.97 Å². The molecule has 0 aliphatic carbocycles. The van der Waals surface area contributed by atoms with Crippen LogP contribution in [0, 0.1) is 12.8 Å². The van der Waals surface area contributed by atoms with Gasteiger partial charge in [0.2, 0.25) is 0 Å². The van der Waals surface area contributed by atoms with Gasteiger partial charge in [-0.1, -0.05) is 6.92 Å². The molecule has 5 heteroatoms. The molecular weight excluding hydrogens is 218 g/mol. The minimum absolute atomic E-state index is 0.141. The number of nitrogens with zero attached hydrogens (tertiary/aromatic N) is 2. The molecule has 1 heterocycles. The van der Waals surface area contributed by atoms with Crippen molar-refractivity contribution in [1.29, 1.82) is 0 Å². The van der Waals surface area contributed by atoms with Gasteiger partial charge in [-0.25, -0.2) is 9.97 Å². The Hall–Kier alpha value is -1.49. The molecular formula is C12H19N3O2. The van der Waals surface area contributed by atoms with Gasteiger partial charge in [-0.05, 0) is 19.9 Å². The van der Waals surface area contributed by atoms with Crippen LogP contribution in [-0.4, -0.2) is 29.1 Å². The monoisotopic (exact) mass is 237 g/mol. The molecule has 1 unspecified atom stereocenters. The summed E-state index contributed by atoms with van der Waals surface area (Å²) in [6.45, 7) is 7.14. The summed E-state index contributed by atoms with van der Waals surface area (Å²) in [5, 5.41) is 3.18. The smallest absolute Gasteiger partial charge is 0.309 e. The number of hydrogen-bond donors (Lipinski definition) is 1. The normalized spacial score (nSPS) is 12.2. The molecule has 1 aromatic rings. The number of carbonyl (C=O) groups is 1. The Morgan fingerprint density at radius 3 is 3.00 bits per heavy atom. The van der Waals surface area contributed by atoms with Crippen molar-refractivity contribution in [3.8, 4) is 0 Å². The van der Waals surface area contributed by atoms with Gasteiger partial charge in [0.25, 0.3) is 0 Å². The molecule has 0 aromatic carbocycles. The van der Waals surface area contributed by atoms with Crippen LogP contribution in [0.5, 0.6) is 0 Å². The van der Waals surface area contributed by atoms with Gasteiger partial charge in [0.15, 0.2) is 0 Å². The molecule has 5 nitrogen and oxygen atoms in total. The van der Waals surface area contributed by atoms with Crippen molar-refractivity contribution in [2.24, 2.45) is 5.92 Å². The zero-order chi connectivity index (χ0) is 12.7. The first-order valence-electron chi connectivity index (χ1n) is 5.79. The molecule has 0 aliphatic rings. The van der Waals surface area contributed by atoms with Crippen LogP contribution in [0.3, 0.4) is 0 Å². The Labute approximate surface area is 102 Å². The Morgan fingerprint density at radius 2 is 2.35 bits per heavy atom. The van der Waals surface area contributed by atoms with Crippen LogP contribution < -0.4 is 5.32 Å². The van der Waals surface area contributed by atoms with Crippen molar-refractivity contribution in [3.63, 3.8) is 0 Å². The zero-order valence-corrected chi connectivity index (χ0v) is 10.6. The van der Waals surface area contributed by atoms with E-state index in [9.17, 15) is 4.79 Å². The number of ether oxygens (including phenoxy) is 1. The highest BCUT2D eigenvalue weighted by atomic mass is 16.5. The van der Waals surface area contributed by atoms with E-state index in [4.69, 9.17) is 4.74 Å². The van der Waals surface area contributed by atoms with Crippen LogP contribution >= 0.6 is 0 Å². The predicted molar refractivity (Wildman–Crippen MR) is 64.3 cm³/mol. The van der Waals surface area contributed by atoms with E-state index >= 15 is 0 Å². The van der Waals surface area contributed by atoms with Crippen LogP contribution in [0.2, 0.25) is 0 Å². The van der Waals surface area contributed by atoms with Gasteiger partial charge in [-0.2, -0.15) is 0 Å². The molecule has 0 spiro atoms. The topological polar surface area (TPSA) is 64.1 Å². The van der Waals surface area contributed by atoms with Gasteiger partial charge in [-0.15, -0.1) is 0 Å². The lowest BCUT2D eigenvalue weighted by Gasteiger charge is -2.11. The average Bonchev–Trinajstić information content (AvgIpc) is 2.29.